The first-order valence-corrected chi connectivity index (χ1v) is 6.61. The minimum absolute atomic E-state index is 0.306. The number of hydrogen-bond donors (Lipinski definition) is 1. The van der Waals surface area contributed by atoms with Gasteiger partial charge in [0, 0.05) is 20.1 Å². The topological polar surface area (TPSA) is 20.2 Å². The molecule has 2 aromatic carbocycles. The molecule has 1 nitrogen and oxygen atoms in total. The molecule has 18 heavy (non-hydrogen) atoms. The molecule has 0 spiro atoms. The summed E-state index contributed by atoms with van der Waals surface area (Å²) in [5.74, 6) is -0.449. The highest BCUT2D eigenvalue weighted by Gasteiger charge is 2.15. The van der Waals surface area contributed by atoms with E-state index in [9.17, 15) is 9.50 Å². The molecule has 1 N–H and O–H groups in total. The van der Waals surface area contributed by atoms with Gasteiger partial charge in [-0.25, -0.2) is 4.39 Å². The van der Waals surface area contributed by atoms with E-state index in [1.807, 2.05) is 0 Å². The van der Waals surface area contributed by atoms with Crippen molar-refractivity contribution in [3.8, 4) is 0 Å². The summed E-state index contributed by atoms with van der Waals surface area (Å²) in [5, 5.41) is 11.0. The minimum atomic E-state index is -1.02. The van der Waals surface area contributed by atoms with E-state index in [2.05, 4.69) is 15.9 Å². The lowest BCUT2D eigenvalue weighted by molar-refractivity contribution is 0.220. The number of benzene rings is 2. The fourth-order valence-corrected chi connectivity index (χ4v) is 2.74. The normalized spacial score (nSPS) is 12.5. The van der Waals surface area contributed by atoms with E-state index in [0.717, 1.165) is 4.47 Å². The van der Waals surface area contributed by atoms with Crippen LogP contribution in [-0.2, 0) is 0 Å². The van der Waals surface area contributed by atoms with E-state index >= 15 is 0 Å². The molecule has 0 heterocycles. The second-order valence-electron chi connectivity index (χ2n) is 3.77. The molecular formula is C13H8BrCl2FO. The van der Waals surface area contributed by atoms with Gasteiger partial charge in [0.1, 0.15) is 11.9 Å². The van der Waals surface area contributed by atoms with Gasteiger partial charge in [0.05, 0.1) is 0 Å². The van der Waals surface area contributed by atoms with E-state index < -0.39 is 11.9 Å². The first-order valence-electron chi connectivity index (χ1n) is 5.06. The lowest BCUT2D eigenvalue weighted by atomic mass is 10.0. The van der Waals surface area contributed by atoms with Crippen molar-refractivity contribution in [2.75, 3.05) is 0 Å². The summed E-state index contributed by atoms with van der Waals surface area (Å²) >= 11 is 15.1. The van der Waals surface area contributed by atoms with Gasteiger partial charge in [-0.2, -0.15) is 0 Å². The third-order valence-electron chi connectivity index (χ3n) is 2.45. The van der Waals surface area contributed by atoms with Crippen LogP contribution in [0.1, 0.15) is 17.2 Å². The summed E-state index contributed by atoms with van der Waals surface area (Å²) in [4.78, 5) is 0. The van der Waals surface area contributed by atoms with Crippen molar-refractivity contribution >= 4 is 39.1 Å². The van der Waals surface area contributed by atoms with Gasteiger partial charge in [-0.1, -0.05) is 39.1 Å². The van der Waals surface area contributed by atoms with Crippen molar-refractivity contribution in [1.29, 1.82) is 0 Å². The fraction of sp³-hybridized carbons (Fsp3) is 0.0769. The van der Waals surface area contributed by atoms with Crippen LogP contribution in [0, 0.1) is 5.82 Å². The number of halogens is 4. The van der Waals surface area contributed by atoms with Gasteiger partial charge >= 0.3 is 0 Å². The van der Waals surface area contributed by atoms with Crippen LogP contribution in [-0.4, -0.2) is 5.11 Å². The quantitative estimate of drug-likeness (QED) is 0.810. The Morgan fingerprint density at radius 2 is 1.83 bits per heavy atom. The highest BCUT2D eigenvalue weighted by molar-refractivity contribution is 9.10. The standard InChI is InChI=1S/C13H8BrCl2FO/c14-8-3-7(4-9(15)5-8)13(18)11-6-10(17)1-2-12(11)16/h1-6,13,18H. The van der Waals surface area contributed by atoms with E-state index in [1.54, 1.807) is 18.2 Å². The molecule has 0 fully saturated rings. The van der Waals surface area contributed by atoms with E-state index in [1.165, 1.54) is 18.2 Å². The third kappa shape index (κ3) is 3.04. The highest BCUT2D eigenvalue weighted by Crippen LogP contribution is 2.31. The molecule has 1 atom stereocenters. The number of aliphatic hydroxyl groups is 1. The Balaban J connectivity index is 2.47. The maximum absolute atomic E-state index is 13.2. The zero-order valence-electron chi connectivity index (χ0n) is 9.00. The second kappa shape index (κ2) is 5.57. The Labute approximate surface area is 122 Å². The van der Waals surface area contributed by atoms with Crippen molar-refractivity contribution in [3.63, 3.8) is 0 Å². The fourth-order valence-electron chi connectivity index (χ4n) is 1.64. The molecule has 0 aliphatic heterocycles. The van der Waals surface area contributed by atoms with E-state index in [0.29, 0.717) is 21.2 Å². The molecule has 0 radical (unpaired) electrons. The van der Waals surface area contributed by atoms with Crippen LogP contribution in [0.25, 0.3) is 0 Å². The average Bonchev–Trinajstić information content (AvgIpc) is 2.30. The first-order chi connectivity index (χ1) is 8.47. The second-order valence-corrected chi connectivity index (χ2v) is 5.53. The maximum atomic E-state index is 13.2. The average molecular weight is 350 g/mol. The van der Waals surface area contributed by atoms with Crippen molar-refractivity contribution in [2.45, 2.75) is 6.10 Å². The van der Waals surface area contributed by atoms with Gasteiger partial charge < -0.3 is 5.11 Å². The third-order valence-corrected chi connectivity index (χ3v) is 3.47. The van der Waals surface area contributed by atoms with Crippen LogP contribution < -0.4 is 0 Å². The maximum Gasteiger partial charge on any atom is 0.123 e. The Morgan fingerprint density at radius 1 is 1.11 bits per heavy atom. The highest BCUT2D eigenvalue weighted by atomic mass is 79.9. The van der Waals surface area contributed by atoms with Crippen LogP contribution in [0.3, 0.4) is 0 Å². The van der Waals surface area contributed by atoms with Crippen molar-refractivity contribution in [2.24, 2.45) is 0 Å². The molecule has 0 aromatic heterocycles. The largest absolute Gasteiger partial charge is 0.384 e. The summed E-state index contributed by atoms with van der Waals surface area (Å²) in [5.41, 5.74) is 0.854. The molecule has 94 valence electrons. The van der Waals surface area contributed by atoms with Gasteiger partial charge in [0.15, 0.2) is 0 Å². The smallest absolute Gasteiger partial charge is 0.123 e. The molecule has 5 heteroatoms. The van der Waals surface area contributed by atoms with Gasteiger partial charge in [0.2, 0.25) is 0 Å². The predicted octanol–water partition coefficient (Wildman–Crippen LogP) is 4.98. The van der Waals surface area contributed by atoms with Gasteiger partial charge in [-0.3, -0.25) is 0 Å². The Bertz CT molecular complexity index is 569. The van der Waals surface area contributed by atoms with Crippen LogP contribution in [0.5, 0.6) is 0 Å². The minimum Gasteiger partial charge on any atom is -0.384 e. The summed E-state index contributed by atoms with van der Waals surface area (Å²) in [6.07, 6.45) is -1.02. The lowest BCUT2D eigenvalue weighted by Gasteiger charge is -2.14. The molecule has 0 aliphatic rings. The molecular weight excluding hydrogens is 342 g/mol. The number of hydrogen-bond acceptors (Lipinski definition) is 1. The Morgan fingerprint density at radius 3 is 2.50 bits per heavy atom. The van der Waals surface area contributed by atoms with Gasteiger partial charge in [0.25, 0.3) is 0 Å². The van der Waals surface area contributed by atoms with Crippen LogP contribution in [0.4, 0.5) is 4.39 Å². The molecule has 2 rings (SSSR count). The van der Waals surface area contributed by atoms with Crippen LogP contribution in [0.15, 0.2) is 40.9 Å². The Hall–Kier alpha value is -0.610. The summed E-state index contributed by atoms with van der Waals surface area (Å²) < 4.78 is 13.9. The molecule has 0 aliphatic carbocycles. The van der Waals surface area contributed by atoms with Crippen molar-refractivity contribution < 1.29 is 9.50 Å². The van der Waals surface area contributed by atoms with Crippen molar-refractivity contribution in [1.82, 2.24) is 0 Å². The monoisotopic (exact) mass is 348 g/mol. The Kier molecular flexibility index (Phi) is 4.28. The number of aliphatic hydroxyl groups excluding tert-OH is 1. The first kappa shape index (κ1) is 13.8. The molecule has 0 saturated carbocycles. The van der Waals surface area contributed by atoms with Crippen molar-refractivity contribution in [3.05, 3.63) is 67.9 Å². The van der Waals surface area contributed by atoms with Crippen LogP contribution in [0.2, 0.25) is 10.0 Å². The molecule has 0 saturated heterocycles. The predicted molar refractivity (Wildman–Crippen MR) is 74.6 cm³/mol. The summed E-state index contributed by atoms with van der Waals surface area (Å²) in [6.45, 7) is 0. The van der Waals surface area contributed by atoms with Gasteiger partial charge in [-0.05, 0) is 42.0 Å². The van der Waals surface area contributed by atoms with Gasteiger partial charge in [-0.15, -0.1) is 0 Å². The zero-order valence-corrected chi connectivity index (χ0v) is 12.1. The van der Waals surface area contributed by atoms with E-state index in [4.69, 9.17) is 23.2 Å². The lowest BCUT2D eigenvalue weighted by Crippen LogP contribution is -2.01. The molecule has 0 bridgehead atoms. The molecule has 2 aromatic rings. The summed E-state index contributed by atoms with van der Waals surface area (Å²) in [6, 6.07) is 8.88. The number of rotatable bonds is 2. The molecule has 1 unspecified atom stereocenters. The van der Waals surface area contributed by atoms with E-state index in [-0.39, 0.29) is 0 Å². The SMILES string of the molecule is OC(c1cc(Cl)cc(Br)c1)c1cc(F)ccc1Cl. The zero-order chi connectivity index (χ0) is 13.3. The van der Waals surface area contributed by atoms with Crippen LogP contribution >= 0.6 is 39.1 Å². The molecule has 0 amide bonds. The summed E-state index contributed by atoms with van der Waals surface area (Å²) in [7, 11) is 0.